The van der Waals surface area contributed by atoms with Crippen LogP contribution in [0, 0.1) is 29.1 Å². The Morgan fingerprint density at radius 2 is 2.00 bits per heavy atom. The van der Waals surface area contributed by atoms with Crippen molar-refractivity contribution in [3.63, 3.8) is 0 Å². The van der Waals surface area contributed by atoms with Gasteiger partial charge in [-0.1, -0.05) is 31.1 Å². The molecule has 1 aliphatic carbocycles. The minimum Gasteiger partial charge on any atom is -0.244 e. The average molecular weight is 210 g/mol. The van der Waals surface area contributed by atoms with Gasteiger partial charge in [-0.3, -0.25) is 0 Å². The molecule has 0 spiro atoms. The number of hydrogen-bond donors (Lipinski definition) is 0. The first kappa shape index (κ1) is 10.7. The van der Waals surface area contributed by atoms with E-state index in [1.54, 1.807) is 12.3 Å². The normalized spacial score (nSPS) is 15.9. The lowest BCUT2D eigenvalue weighted by Gasteiger charge is -2.15. The van der Waals surface area contributed by atoms with Crippen molar-refractivity contribution in [3.8, 4) is 17.9 Å². The summed E-state index contributed by atoms with van der Waals surface area (Å²) in [6.07, 6.45) is 8.12. The smallest absolute Gasteiger partial charge is 0.140 e. The molecule has 0 unspecified atom stereocenters. The molecule has 2 rings (SSSR count). The Bertz CT molecular complexity index is 436. The first-order valence-corrected chi connectivity index (χ1v) is 5.76. The number of aromatic nitrogens is 1. The molecule has 1 fully saturated rings. The molecule has 1 heterocycles. The summed E-state index contributed by atoms with van der Waals surface area (Å²) in [5.74, 6) is 7.01. The Hall–Kier alpha value is -1.80. The fourth-order valence-electron chi connectivity index (χ4n) is 1.97. The fourth-order valence-corrected chi connectivity index (χ4v) is 1.97. The number of nitrogens with zero attached hydrogens (tertiary/aromatic N) is 2. The average Bonchev–Trinajstić information content (AvgIpc) is 2.38. The number of nitriles is 1. The van der Waals surface area contributed by atoms with E-state index in [9.17, 15) is 0 Å². The molecule has 0 aromatic carbocycles. The molecule has 0 saturated heterocycles. The van der Waals surface area contributed by atoms with Crippen LogP contribution in [-0.2, 0) is 0 Å². The summed E-state index contributed by atoms with van der Waals surface area (Å²) in [6, 6.07) is 5.58. The first-order valence-electron chi connectivity index (χ1n) is 5.76. The zero-order valence-corrected chi connectivity index (χ0v) is 9.24. The minimum atomic E-state index is 0.447. The van der Waals surface area contributed by atoms with Crippen molar-refractivity contribution in [2.75, 3.05) is 0 Å². The molecule has 0 aliphatic heterocycles. The van der Waals surface area contributed by atoms with E-state index in [1.807, 2.05) is 12.1 Å². The second-order valence-electron chi connectivity index (χ2n) is 4.15. The predicted molar refractivity (Wildman–Crippen MR) is 62.4 cm³/mol. The largest absolute Gasteiger partial charge is 0.244 e. The summed E-state index contributed by atoms with van der Waals surface area (Å²) in [6.45, 7) is 0. The van der Waals surface area contributed by atoms with Crippen LogP contribution in [0.15, 0.2) is 18.3 Å². The Balaban J connectivity index is 2.02. The van der Waals surface area contributed by atoms with Gasteiger partial charge < -0.3 is 0 Å². The van der Waals surface area contributed by atoms with Gasteiger partial charge in [-0.05, 0) is 25.0 Å². The Labute approximate surface area is 96.3 Å². The minimum absolute atomic E-state index is 0.447. The molecule has 1 aromatic rings. The number of hydrogen-bond acceptors (Lipinski definition) is 2. The van der Waals surface area contributed by atoms with E-state index in [-0.39, 0.29) is 0 Å². The molecule has 0 N–H and O–H groups in total. The molecule has 0 amide bonds. The second-order valence-corrected chi connectivity index (χ2v) is 4.15. The van der Waals surface area contributed by atoms with Gasteiger partial charge in [-0.2, -0.15) is 5.26 Å². The number of pyridine rings is 1. The lowest BCUT2D eigenvalue weighted by Crippen LogP contribution is -2.03. The Kier molecular flexibility index (Phi) is 3.57. The van der Waals surface area contributed by atoms with Crippen LogP contribution < -0.4 is 0 Å². The van der Waals surface area contributed by atoms with Gasteiger partial charge in [0.25, 0.3) is 0 Å². The maximum atomic E-state index is 8.61. The molecule has 80 valence electrons. The molecule has 1 aliphatic rings. The lowest BCUT2D eigenvalue weighted by atomic mass is 9.90. The highest BCUT2D eigenvalue weighted by molar-refractivity contribution is 5.35. The van der Waals surface area contributed by atoms with Crippen LogP contribution in [0.4, 0.5) is 0 Å². The SMILES string of the molecule is N#Cc1ccc(C#CC2CCCCC2)cn1. The predicted octanol–water partition coefficient (Wildman–Crippen LogP) is 2.89. The highest BCUT2D eigenvalue weighted by atomic mass is 14.7. The molecular formula is C14H14N2. The third-order valence-electron chi connectivity index (χ3n) is 2.90. The van der Waals surface area contributed by atoms with Crippen LogP contribution in [0.2, 0.25) is 0 Å². The summed E-state index contributed by atoms with van der Waals surface area (Å²) in [4.78, 5) is 4.00. The van der Waals surface area contributed by atoms with Crippen LogP contribution in [0.3, 0.4) is 0 Å². The topological polar surface area (TPSA) is 36.7 Å². The third kappa shape index (κ3) is 2.84. The van der Waals surface area contributed by atoms with E-state index in [4.69, 9.17) is 5.26 Å². The van der Waals surface area contributed by atoms with Crippen molar-refractivity contribution >= 4 is 0 Å². The van der Waals surface area contributed by atoms with Gasteiger partial charge in [-0.15, -0.1) is 0 Å². The van der Waals surface area contributed by atoms with E-state index in [2.05, 4.69) is 16.8 Å². The maximum Gasteiger partial charge on any atom is 0.140 e. The van der Waals surface area contributed by atoms with Crippen LogP contribution in [-0.4, -0.2) is 4.98 Å². The van der Waals surface area contributed by atoms with Crippen molar-refractivity contribution in [2.24, 2.45) is 5.92 Å². The first-order chi connectivity index (χ1) is 7.88. The summed E-state index contributed by atoms with van der Waals surface area (Å²) in [7, 11) is 0. The summed E-state index contributed by atoms with van der Waals surface area (Å²) < 4.78 is 0. The van der Waals surface area contributed by atoms with Gasteiger partial charge in [-0.25, -0.2) is 4.98 Å². The number of rotatable bonds is 0. The van der Waals surface area contributed by atoms with Crippen molar-refractivity contribution in [1.82, 2.24) is 4.98 Å². The summed E-state index contributed by atoms with van der Waals surface area (Å²) >= 11 is 0. The van der Waals surface area contributed by atoms with E-state index < -0.39 is 0 Å². The van der Waals surface area contributed by atoms with Crippen LogP contribution in [0.1, 0.15) is 43.4 Å². The van der Waals surface area contributed by atoms with Crippen LogP contribution in [0.5, 0.6) is 0 Å². The zero-order chi connectivity index (χ0) is 11.2. The van der Waals surface area contributed by atoms with Gasteiger partial charge in [0.1, 0.15) is 11.8 Å². The second kappa shape index (κ2) is 5.33. The maximum absolute atomic E-state index is 8.61. The highest BCUT2D eigenvalue weighted by Gasteiger charge is 2.09. The monoisotopic (exact) mass is 210 g/mol. The van der Waals surface area contributed by atoms with Crippen LogP contribution >= 0.6 is 0 Å². The van der Waals surface area contributed by atoms with E-state index >= 15 is 0 Å². The lowest BCUT2D eigenvalue weighted by molar-refractivity contribution is 0.430. The van der Waals surface area contributed by atoms with Crippen LogP contribution in [0.25, 0.3) is 0 Å². The molecule has 2 nitrogen and oxygen atoms in total. The van der Waals surface area contributed by atoms with Gasteiger partial charge in [0.05, 0.1) is 0 Å². The molecule has 1 saturated carbocycles. The molecule has 16 heavy (non-hydrogen) atoms. The highest BCUT2D eigenvalue weighted by Crippen LogP contribution is 2.22. The standard InChI is InChI=1S/C14H14N2/c15-10-14-9-8-13(11-16-14)7-6-12-4-2-1-3-5-12/h8-9,11-12H,1-5H2. The van der Waals surface area contributed by atoms with Gasteiger partial charge >= 0.3 is 0 Å². The van der Waals surface area contributed by atoms with E-state index in [1.165, 1.54) is 32.1 Å². The van der Waals surface area contributed by atoms with Crippen molar-refractivity contribution in [3.05, 3.63) is 29.6 Å². The molecular weight excluding hydrogens is 196 g/mol. The Morgan fingerprint density at radius 3 is 2.62 bits per heavy atom. The summed E-state index contributed by atoms with van der Waals surface area (Å²) in [5, 5.41) is 8.61. The fraction of sp³-hybridized carbons (Fsp3) is 0.429. The zero-order valence-electron chi connectivity index (χ0n) is 9.24. The van der Waals surface area contributed by atoms with Gasteiger partial charge in [0, 0.05) is 17.7 Å². The molecule has 0 bridgehead atoms. The van der Waals surface area contributed by atoms with Crippen molar-refractivity contribution < 1.29 is 0 Å². The van der Waals surface area contributed by atoms with E-state index in [0.717, 1.165) is 5.56 Å². The quantitative estimate of drug-likeness (QED) is 0.617. The molecule has 1 aromatic heterocycles. The Morgan fingerprint density at radius 1 is 1.19 bits per heavy atom. The molecule has 0 radical (unpaired) electrons. The van der Waals surface area contributed by atoms with Gasteiger partial charge in [0.15, 0.2) is 0 Å². The third-order valence-corrected chi connectivity index (χ3v) is 2.90. The van der Waals surface area contributed by atoms with Crippen molar-refractivity contribution in [1.29, 1.82) is 5.26 Å². The molecule has 0 atom stereocenters. The van der Waals surface area contributed by atoms with E-state index in [0.29, 0.717) is 11.6 Å². The van der Waals surface area contributed by atoms with Crippen molar-refractivity contribution in [2.45, 2.75) is 32.1 Å². The molecule has 2 heteroatoms. The summed E-state index contributed by atoms with van der Waals surface area (Å²) in [5.41, 5.74) is 1.35. The van der Waals surface area contributed by atoms with Gasteiger partial charge in [0.2, 0.25) is 0 Å².